The van der Waals surface area contributed by atoms with E-state index in [1.54, 1.807) is 0 Å². The highest BCUT2D eigenvalue weighted by Crippen LogP contribution is 2.33. The Morgan fingerprint density at radius 2 is 2.00 bits per heavy atom. The van der Waals surface area contributed by atoms with Crippen molar-refractivity contribution in [1.82, 2.24) is 4.98 Å². The molecule has 0 amide bonds. The lowest BCUT2D eigenvalue weighted by Crippen LogP contribution is -2.15. The molecule has 3 nitrogen and oxygen atoms in total. The molecule has 0 bridgehead atoms. The SMILES string of the molecule is O=C(O)c1cc(C(F)(F)F)nc(CCl)c1C(F)F. The van der Waals surface area contributed by atoms with Crippen LogP contribution in [0.5, 0.6) is 0 Å². The number of aromatic carboxylic acids is 1. The minimum Gasteiger partial charge on any atom is -0.478 e. The number of rotatable bonds is 3. The molecule has 9 heteroatoms. The summed E-state index contributed by atoms with van der Waals surface area (Å²) < 4.78 is 62.4. The summed E-state index contributed by atoms with van der Waals surface area (Å²) in [4.78, 5) is 13.6. The zero-order chi connectivity index (χ0) is 14.1. The van der Waals surface area contributed by atoms with Crippen LogP contribution in [0.3, 0.4) is 0 Å². The molecule has 1 heterocycles. The molecule has 0 aliphatic carbocycles. The van der Waals surface area contributed by atoms with E-state index >= 15 is 0 Å². The van der Waals surface area contributed by atoms with E-state index in [4.69, 9.17) is 16.7 Å². The second-order valence-corrected chi connectivity index (χ2v) is 3.42. The van der Waals surface area contributed by atoms with Crippen LogP contribution in [0, 0.1) is 0 Å². The van der Waals surface area contributed by atoms with Gasteiger partial charge in [-0.3, -0.25) is 0 Å². The Morgan fingerprint density at radius 3 is 2.33 bits per heavy atom. The molecule has 0 fully saturated rings. The van der Waals surface area contributed by atoms with Gasteiger partial charge in [0.1, 0.15) is 5.69 Å². The molecule has 1 aromatic rings. The second-order valence-electron chi connectivity index (χ2n) is 3.15. The highest BCUT2D eigenvalue weighted by molar-refractivity contribution is 6.17. The maximum absolute atomic E-state index is 12.6. The number of carbonyl (C=O) groups is 1. The van der Waals surface area contributed by atoms with Crippen LogP contribution in [0.25, 0.3) is 0 Å². The lowest BCUT2D eigenvalue weighted by atomic mass is 10.1. The maximum Gasteiger partial charge on any atom is 0.433 e. The van der Waals surface area contributed by atoms with Crippen molar-refractivity contribution in [2.24, 2.45) is 0 Å². The van der Waals surface area contributed by atoms with Gasteiger partial charge in [0.25, 0.3) is 6.43 Å². The number of hydrogen-bond acceptors (Lipinski definition) is 2. The fourth-order valence-corrected chi connectivity index (χ4v) is 1.48. The van der Waals surface area contributed by atoms with Crippen molar-refractivity contribution in [1.29, 1.82) is 0 Å². The number of carboxylic acid groups (broad SMARTS) is 1. The molecule has 0 saturated heterocycles. The van der Waals surface area contributed by atoms with Crippen LogP contribution in [-0.4, -0.2) is 16.1 Å². The highest BCUT2D eigenvalue weighted by atomic mass is 35.5. The topological polar surface area (TPSA) is 50.2 Å². The van der Waals surface area contributed by atoms with E-state index in [2.05, 4.69) is 4.98 Å². The van der Waals surface area contributed by atoms with E-state index in [9.17, 15) is 26.7 Å². The number of carboxylic acids is 1. The number of alkyl halides is 6. The van der Waals surface area contributed by atoms with Crippen LogP contribution in [-0.2, 0) is 12.1 Å². The van der Waals surface area contributed by atoms with E-state index in [-0.39, 0.29) is 6.07 Å². The molecule has 0 spiro atoms. The van der Waals surface area contributed by atoms with Crippen molar-refractivity contribution in [3.8, 4) is 0 Å². The van der Waals surface area contributed by atoms with Gasteiger partial charge in [-0.15, -0.1) is 11.6 Å². The smallest absolute Gasteiger partial charge is 0.433 e. The predicted molar refractivity (Wildman–Crippen MR) is 50.7 cm³/mol. The number of halogens is 6. The van der Waals surface area contributed by atoms with Crippen LogP contribution in [0.1, 0.15) is 33.7 Å². The molecule has 0 aliphatic rings. The third-order valence-electron chi connectivity index (χ3n) is 2.00. The lowest BCUT2D eigenvalue weighted by Gasteiger charge is -2.13. The van der Waals surface area contributed by atoms with Gasteiger partial charge in [0.05, 0.1) is 22.7 Å². The molecule has 0 saturated carbocycles. The van der Waals surface area contributed by atoms with Crippen LogP contribution in [0.15, 0.2) is 6.07 Å². The summed E-state index contributed by atoms with van der Waals surface area (Å²) in [6.07, 6.45) is -8.22. The quantitative estimate of drug-likeness (QED) is 0.684. The van der Waals surface area contributed by atoms with Crippen LogP contribution >= 0.6 is 11.6 Å². The van der Waals surface area contributed by atoms with Gasteiger partial charge in [-0.1, -0.05) is 0 Å². The first-order valence-corrected chi connectivity index (χ1v) is 4.90. The van der Waals surface area contributed by atoms with E-state index in [1.807, 2.05) is 0 Å². The summed E-state index contributed by atoms with van der Waals surface area (Å²) in [5, 5.41) is 8.65. The number of nitrogens with zero attached hydrogens (tertiary/aromatic N) is 1. The number of aromatic nitrogens is 1. The van der Waals surface area contributed by atoms with Crippen molar-refractivity contribution in [3.63, 3.8) is 0 Å². The van der Waals surface area contributed by atoms with Gasteiger partial charge in [0, 0.05) is 0 Å². The standard InChI is InChI=1S/C9H5ClF5NO2/c10-2-4-6(7(11)12)3(8(17)18)1-5(16-4)9(13,14)15/h1,7H,2H2,(H,17,18). The fourth-order valence-electron chi connectivity index (χ4n) is 1.28. The minimum atomic E-state index is -4.94. The molecule has 0 radical (unpaired) electrons. The highest BCUT2D eigenvalue weighted by Gasteiger charge is 2.36. The Balaban J connectivity index is 3.59. The first-order chi connectivity index (χ1) is 8.18. The molecule has 100 valence electrons. The van der Waals surface area contributed by atoms with Crippen LogP contribution in [0.4, 0.5) is 22.0 Å². The monoisotopic (exact) mass is 289 g/mol. The Morgan fingerprint density at radius 1 is 1.44 bits per heavy atom. The van der Waals surface area contributed by atoms with E-state index in [1.165, 1.54) is 0 Å². The van der Waals surface area contributed by atoms with E-state index in [0.717, 1.165) is 0 Å². The van der Waals surface area contributed by atoms with Gasteiger partial charge >= 0.3 is 12.1 Å². The Kier molecular flexibility index (Phi) is 4.10. The first kappa shape index (κ1) is 14.6. The number of hydrogen-bond donors (Lipinski definition) is 1. The summed E-state index contributed by atoms with van der Waals surface area (Å²) in [5.74, 6) is -2.64. The summed E-state index contributed by atoms with van der Waals surface area (Å²) in [6, 6.07) is 0.0693. The van der Waals surface area contributed by atoms with Gasteiger partial charge in [-0.2, -0.15) is 13.2 Å². The zero-order valence-corrected chi connectivity index (χ0v) is 9.19. The average Bonchev–Trinajstić information content (AvgIpc) is 2.25. The fraction of sp³-hybridized carbons (Fsp3) is 0.333. The minimum absolute atomic E-state index is 0.0693. The zero-order valence-electron chi connectivity index (χ0n) is 8.43. The van der Waals surface area contributed by atoms with Gasteiger partial charge in [0.2, 0.25) is 0 Å². The van der Waals surface area contributed by atoms with Crippen LogP contribution in [0.2, 0.25) is 0 Å². The summed E-state index contributed by atoms with van der Waals surface area (Å²) in [7, 11) is 0. The maximum atomic E-state index is 12.6. The summed E-state index contributed by atoms with van der Waals surface area (Å²) >= 11 is 5.22. The third-order valence-corrected chi connectivity index (χ3v) is 2.26. The van der Waals surface area contributed by atoms with Crippen molar-refractivity contribution >= 4 is 17.6 Å². The van der Waals surface area contributed by atoms with Crippen molar-refractivity contribution < 1.29 is 31.9 Å². The second kappa shape index (κ2) is 5.05. The van der Waals surface area contributed by atoms with Gasteiger partial charge in [-0.25, -0.2) is 18.6 Å². The molecule has 1 N–H and O–H groups in total. The van der Waals surface area contributed by atoms with Crippen molar-refractivity contribution in [3.05, 3.63) is 28.6 Å². The third kappa shape index (κ3) is 2.87. The average molecular weight is 290 g/mol. The van der Waals surface area contributed by atoms with Gasteiger partial charge in [0.15, 0.2) is 0 Å². The molecule has 0 unspecified atom stereocenters. The molecule has 18 heavy (non-hydrogen) atoms. The molecule has 0 aromatic carbocycles. The summed E-state index contributed by atoms with van der Waals surface area (Å²) in [6.45, 7) is 0. The Labute approximate surface area is 102 Å². The molecule has 0 atom stereocenters. The van der Waals surface area contributed by atoms with E-state index in [0.29, 0.717) is 0 Å². The molecule has 1 rings (SSSR count). The largest absolute Gasteiger partial charge is 0.478 e. The Bertz CT molecular complexity index is 475. The molecule has 1 aromatic heterocycles. The lowest BCUT2D eigenvalue weighted by molar-refractivity contribution is -0.141. The molecular formula is C9H5ClF5NO2. The normalized spacial score (nSPS) is 11.9. The summed E-state index contributed by atoms with van der Waals surface area (Å²) in [5.41, 5.74) is -4.60. The molecular weight excluding hydrogens is 285 g/mol. The van der Waals surface area contributed by atoms with E-state index < -0.39 is 47.0 Å². The van der Waals surface area contributed by atoms with Crippen LogP contribution < -0.4 is 0 Å². The first-order valence-electron chi connectivity index (χ1n) is 4.37. The Hall–Kier alpha value is -1.44. The number of pyridine rings is 1. The van der Waals surface area contributed by atoms with Gasteiger partial charge in [-0.05, 0) is 6.07 Å². The molecule has 0 aliphatic heterocycles. The predicted octanol–water partition coefficient (Wildman–Crippen LogP) is 3.48. The van der Waals surface area contributed by atoms with Crippen molar-refractivity contribution in [2.75, 3.05) is 0 Å². The van der Waals surface area contributed by atoms with Gasteiger partial charge < -0.3 is 5.11 Å². The van der Waals surface area contributed by atoms with Crippen molar-refractivity contribution in [2.45, 2.75) is 18.5 Å².